The molecule has 0 fully saturated rings. The molecule has 0 amide bonds. The average molecular weight is 433 g/mol. The molecular formula is C25H23NO6. The van der Waals surface area contributed by atoms with Gasteiger partial charge in [0, 0.05) is 0 Å². The first-order valence-corrected chi connectivity index (χ1v) is 10.0. The Hall–Kier alpha value is -4.13. The standard InChI is InChI=1S/C25H23NO6/c1-3-31-25(27)21(19-12-8-5-9-13-19)14-20-15-23(30-2)24(16-22(20)26(28)29)32-17-18-10-6-4-7-11-18/h4-16H,3,17H2,1-2H3/b21-14-. The van der Waals surface area contributed by atoms with Gasteiger partial charge in [0.2, 0.25) is 0 Å². The number of nitro groups is 1. The highest BCUT2D eigenvalue weighted by Gasteiger charge is 2.22. The Balaban J connectivity index is 2.05. The topological polar surface area (TPSA) is 87.9 Å². The van der Waals surface area contributed by atoms with E-state index in [0.29, 0.717) is 11.3 Å². The molecule has 0 radical (unpaired) electrons. The van der Waals surface area contributed by atoms with Gasteiger partial charge in [0.1, 0.15) is 6.61 Å². The van der Waals surface area contributed by atoms with Crippen LogP contribution in [0, 0.1) is 10.1 Å². The molecular weight excluding hydrogens is 410 g/mol. The number of carbonyl (C=O) groups is 1. The fourth-order valence-electron chi connectivity index (χ4n) is 3.09. The van der Waals surface area contributed by atoms with E-state index in [9.17, 15) is 14.9 Å². The maximum absolute atomic E-state index is 12.6. The summed E-state index contributed by atoms with van der Waals surface area (Å²) in [6.45, 7) is 2.10. The lowest BCUT2D eigenvalue weighted by molar-refractivity contribution is -0.385. The third-order valence-corrected chi connectivity index (χ3v) is 4.63. The highest BCUT2D eigenvalue weighted by molar-refractivity contribution is 6.21. The molecule has 0 saturated heterocycles. The number of carbonyl (C=O) groups excluding carboxylic acids is 1. The maximum atomic E-state index is 12.6. The molecule has 32 heavy (non-hydrogen) atoms. The van der Waals surface area contributed by atoms with E-state index in [1.54, 1.807) is 31.2 Å². The smallest absolute Gasteiger partial charge is 0.338 e. The highest BCUT2D eigenvalue weighted by atomic mass is 16.6. The van der Waals surface area contributed by atoms with Gasteiger partial charge in [0.15, 0.2) is 11.5 Å². The fourth-order valence-corrected chi connectivity index (χ4v) is 3.09. The Morgan fingerprint density at radius 3 is 2.25 bits per heavy atom. The van der Waals surface area contributed by atoms with E-state index in [0.717, 1.165) is 5.56 Å². The first kappa shape index (κ1) is 22.6. The van der Waals surface area contributed by atoms with Crippen molar-refractivity contribution >= 4 is 23.3 Å². The van der Waals surface area contributed by atoms with Crippen molar-refractivity contribution in [1.82, 2.24) is 0 Å². The van der Waals surface area contributed by atoms with Gasteiger partial charge in [0.05, 0.1) is 35.8 Å². The number of ether oxygens (including phenoxy) is 3. The third kappa shape index (κ3) is 5.51. The van der Waals surface area contributed by atoms with Crippen LogP contribution in [0.2, 0.25) is 0 Å². The molecule has 0 bridgehead atoms. The van der Waals surface area contributed by atoms with E-state index in [2.05, 4.69) is 0 Å². The van der Waals surface area contributed by atoms with Crippen molar-refractivity contribution in [2.24, 2.45) is 0 Å². The number of methoxy groups -OCH3 is 1. The molecule has 0 aliphatic carbocycles. The van der Waals surface area contributed by atoms with Crippen LogP contribution in [-0.4, -0.2) is 24.6 Å². The van der Waals surface area contributed by atoms with Gasteiger partial charge < -0.3 is 14.2 Å². The van der Waals surface area contributed by atoms with E-state index in [-0.39, 0.29) is 35.8 Å². The molecule has 0 unspecified atom stereocenters. The first-order chi connectivity index (χ1) is 15.5. The van der Waals surface area contributed by atoms with Gasteiger partial charge >= 0.3 is 5.97 Å². The van der Waals surface area contributed by atoms with Crippen molar-refractivity contribution in [2.75, 3.05) is 13.7 Å². The quantitative estimate of drug-likeness (QED) is 0.150. The predicted molar refractivity (Wildman–Crippen MR) is 121 cm³/mol. The van der Waals surface area contributed by atoms with Crippen LogP contribution >= 0.6 is 0 Å². The molecule has 0 aromatic heterocycles. The molecule has 7 nitrogen and oxygen atoms in total. The minimum absolute atomic E-state index is 0.181. The maximum Gasteiger partial charge on any atom is 0.338 e. The Morgan fingerprint density at radius 2 is 1.66 bits per heavy atom. The van der Waals surface area contributed by atoms with Gasteiger partial charge in [-0.3, -0.25) is 10.1 Å². The van der Waals surface area contributed by atoms with Crippen LogP contribution in [-0.2, 0) is 16.1 Å². The monoisotopic (exact) mass is 433 g/mol. The summed E-state index contributed by atoms with van der Waals surface area (Å²) in [7, 11) is 1.45. The molecule has 3 rings (SSSR count). The van der Waals surface area contributed by atoms with Crippen LogP contribution < -0.4 is 9.47 Å². The Labute approximate surface area is 186 Å². The summed E-state index contributed by atoms with van der Waals surface area (Å²) in [5.74, 6) is -0.0250. The second-order valence-corrected chi connectivity index (χ2v) is 6.74. The molecule has 0 aliphatic heterocycles. The molecule has 7 heteroatoms. The predicted octanol–water partition coefficient (Wildman–Crippen LogP) is 5.29. The summed E-state index contributed by atoms with van der Waals surface area (Å²) in [4.78, 5) is 23.9. The summed E-state index contributed by atoms with van der Waals surface area (Å²) in [5, 5.41) is 11.8. The Kier molecular flexibility index (Phi) is 7.59. The van der Waals surface area contributed by atoms with Crippen molar-refractivity contribution in [3.63, 3.8) is 0 Å². The van der Waals surface area contributed by atoms with Crippen LogP contribution in [0.15, 0.2) is 72.8 Å². The van der Waals surface area contributed by atoms with E-state index in [4.69, 9.17) is 14.2 Å². The third-order valence-electron chi connectivity index (χ3n) is 4.63. The van der Waals surface area contributed by atoms with Gasteiger partial charge in [-0.1, -0.05) is 60.7 Å². The highest BCUT2D eigenvalue weighted by Crippen LogP contribution is 2.37. The van der Waals surface area contributed by atoms with Crippen molar-refractivity contribution < 1.29 is 23.9 Å². The fraction of sp³-hybridized carbons (Fsp3) is 0.160. The molecule has 164 valence electrons. The average Bonchev–Trinajstić information content (AvgIpc) is 2.82. The molecule has 0 atom stereocenters. The second kappa shape index (κ2) is 10.8. The van der Waals surface area contributed by atoms with Crippen LogP contribution in [0.1, 0.15) is 23.6 Å². The number of nitrogens with zero attached hydrogens (tertiary/aromatic N) is 1. The molecule has 0 N–H and O–H groups in total. The van der Waals surface area contributed by atoms with Crippen LogP contribution in [0.3, 0.4) is 0 Å². The van der Waals surface area contributed by atoms with Crippen molar-refractivity contribution in [2.45, 2.75) is 13.5 Å². The van der Waals surface area contributed by atoms with Crippen LogP contribution in [0.5, 0.6) is 11.5 Å². The van der Waals surface area contributed by atoms with Crippen molar-refractivity contribution in [3.05, 3.63) is 99.6 Å². The zero-order chi connectivity index (χ0) is 22.9. The van der Waals surface area contributed by atoms with Gasteiger partial charge in [0.25, 0.3) is 5.69 Å². The molecule has 0 aliphatic rings. The number of benzene rings is 3. The number of hydrogen-bond donors (Lipinski definition) is 0. The Morgan fingerprint density at radius 1 is 1.00 bits per heavy atom. The summed E-state index contributed by atoms with van der Waals surface area (Å²) in [6, 6.07) is 21.1. The SMILES string of the molecule is CCOC(=O)/C(=C\c1cc(OC)c(OCc2ccccc2)cc1[N+](=O)[O-])c1ccccc1. The lowest BCUT2D eigenvalue weighted by Crippen LogP contribution is -2.07. The summed E-state index contributed by atoms with van der Waals surface area (Å²) in [6.07, 6.45) is 1.44. The van der Waals surface area contributed by atoms with Crippen LogP contribution in [0.25, 0.3) is 11.6 Å². The van der Waals surface area contributed by atoms with Crippen LogP contribution in [0.4, 0.5) is 5.69 Å². The van der Waals surface area contributed by atoms with Gasteiger partial charge in [-0.2, -0.15) is 0 Å². The lowest BCUT2D eigenvalue weighted by Gasteiger charge is -2.13. The number of hydrogen-bond acceptors (Lipinski definition) is 6. The van der Waals surface area contributed by atoms with Gasteiger partial charge in [-0.15, -0.1) is 0 Å². The molecule has 0 heterocycles. The molecule has 3 aromatic rings. The zero-order valence-electron chi connectivity index (χ0n) is 17.8. The van der Waals surface area contributed by atoms with E-state index in [1.807, 2.05) is 36.4 Å². The Bertz CT molecular complexity index is 1110. The zero-order valence-corrected chi connectivity index (χ0v) is 17.8. The number of rotatable bonds is 9. The second-order valence-electron chi connectivity index (χ2n) is 6.74. The van der Waals surface area contributed by atoms with Crippen molar-refractivity contribution in [3.8, 4) is 11.5 Å². The van der Waals surface area contributed by atoms with E-state index >= 15 is 0 Å². The minimum atomic E-state index is -0.573. The molecule has 0 spiro atoms. The van der Waals surface area contributed by atoms with E-state index in [1.165, 1.54) is 25.3 Å². The van der Waals surface area contributed by atoms with Gasteiger partial charge in [-0.25, -0.2) is 4.79 Å². The lowest BCUT2D eigenvalue weighted by atomic mass is 10.0. The minimum Gasteiger partial charge on any atom is -0.493 e. The summed E-state index contributed by atoms with van der Waals surface area (Å²) in [5.41, 5.74) is 1.69. The van der Waals surface area contributed by atoms with E-state index < -0.39 is 10.9 Å². The summed E-state index contributed by atoms with van der Waals surface area (Å²) < 4.78 is 16.4. The van der Waals surface area contributed by atoms with Gasteiger partial charge in [-0.05, 0) is 30.2 Å². The van der Waals surface area contributed by atoms with Crippen molar-refractivity contribution in [1.29, 1.82) is 0 Å². The number of esters is 1. The largest absolute Gasteiger partial charge is 0.493 e. The molecule has 3 aromatic carbocycles. The molecule has 0 saturated carbocycles. The first-order valence-electron chi connectivity index (χ1n) is 10.0. The summed E-state index contributed by atoms with van der Waals surface area (Å²) >= 11 is 0. The number of nitro benzene ring substituents is 1. The normalized spacial score (nSPS) is 11.0.